The van der Waals surface area contributed by atoms with Crippen LogP contribution in [0.2, 0.25) is 0 Å². The molecule has 296 valence electrons. The predicted octanol–water partition coefficient (Wildman–Crippen LogP) is 8.03. The highest BCUT2D eigenvalue weighted by molar-refractivity contribution is 5.83. The van der Waals surface area contributed by atoms with Gasteiger partial charge in [-0.15, -0.1) is 0 Å². The van der Waals surface area contributed by atoms with Crippen molar-refractivity contribution in [2.45, 2.75) is 160 Å². The summed E-state index contributed by atoms with van der Waals surface area (Å²) in [5.41, 5.74) is -0.920. The third-order valence-electron chi connectivity index (χ3n) is 13.4. The number of hydrogen-bond donors (Lipinski definition) is 0. The van der Waals surface area contributed by atoms with Crippen molar-refractivity contribution in [1.82, 2.24) is 0 Å². The van der Waals surface area contributed by atoms with Crippen LogP contribution < -0.4 is 0 Å². The molecule has 8 aliphatic rings. The molecule has 5 saturated carbocycles. The van der Waals surface area contributed by atoms with E-state index in [9.17, 15) is 19.2 Å². The molecule has 0 aromatic carbocycles. The minimum atomic E-state index is -0.843. The first-order valence-corrected chi connectivity index (χ1v) is 18.1. The van der Waals surface area contributed by atoms with Gasteiger partial charge in [0.2, 0.25) is 6.10 Å². The van der Waals surface area contributed by atoms with Crippen molar-refractivity contribution in [1.29, 1.82) is 0 Å². The summed E-state index contributed by atoms with van der Waals surface area (Å²) in [5, 5.41) is 0. The Hall–Kier alpha value is -2.20. The van der Waals surface area contributed by atoms with Gasteiger partial charge in [0.05, 0.1) is 36.6 Å². The van der Waals surface area contributed by atoms with Crippen LogP contribution in [0, 0.1) is 64.1 Å². The Kier molecular flexibility index (Phi) is 14.1. The fraction of sp³-hybridized carbons (Fsp3) is 0.902. The number of cyclic esters (lactones) is 1. The molecule has 3 saturated heterocycles. The van der Waals surface area contributed by atoms with Crippen molar-refractivity contribution < 1.29 is 47.6 Å². The average molecular weight is 725 g/mol. The number of rotatable bonds is 5. The SMILES string of the molecule is C.C.C.C.CCC(C)(C)C(=O)OC.CCC(C)(C)C(=O)OC1C(=O)OC2C1CC1OC(C)(C)OC12.O=C1OCC2C3CC(C12)C1C2CCC(C2)C31. The third-order valence-corrected chi connectivity index (χ3v) is 13.4. The monoisotopic (exact) mass is 725 g/mol. The molecule has 0 aromatic heterocycles. The maximum atomic E-state index is 12.2. The number of esters is 4. The first kappa shape index (κ1) is 45.0. The molecule has 51 heavy (non-hydrogen) atoms. The number of methoxy groups -OCH3 is 1. The van der Waals surface area contributed by atoms with E-state index in [0.29, 0.717) is 24.7 Å². The van der Waals surface area contributed by atoms with E-state index in [-0.39, 0.29) is 77.3 Å². The molecule has 10 heteroatoms. The summed E-state index contributed by atoms with van der Waals surface area (Å²) in [6.07, 6.45) is 6.27. The maximum absolute atomic E-state index is 12.2. The smallest absolute Gasteiger partial charge is 0.348 e. The molecule has 0 radical (unpaired) electrons. The summed E-state index contributed by atoms with van der Waals surface area (Å²) in [6, 6.07) is 0. The summed E-state index contributed by atoms with van der Waals surface area (Å²) in [4.78, 5) is 47.0. The highest BCUT2D eigenvalue weighted by Crippen LogP contribution is 2.71. The van der Waals surface area contributed by atoms with E-state index >= 15 is 0 Å². The second-order valence-corrected chi connectivity index (χ2v) is 17.1. The molecule has 0 aromatic rings. The van der Waals surface area contributed by atoms with Gasteiger partial charge in [0.25, 0.3) is 0 Å². The zero-order valence-electron chi connectivity index (χ0n) is 29.7. The lowest BCUT2D eigenvalue weighted by Crippen LogP contribution is -2.38. The first-order chi connectivity index (χ1) is 22.0. The molecule has 13 unspecified atom stereocenters. The molecule has 3 aliphatic heterocycles. The van der Waals surface area contributed by atoms with Gasteiger partial charge in [-0.2, -0.15) is 0 Å². The van der Waals surface area contributed by atoms with E-state index in [0.717, 1.165) is 48.5 Å². The van der Waals surface area contributed by atoms with Crippen molar-refractivity contribution in [3.05, 3.63) is 0 Å². The Balaban J connectivity index is 0.000000276. The van der Waals surface area contributed by atoms with Crippen molar-refractivity contribution in [2.24, 2.45) is 64.1 Å². The van der Waals surface area contributed by atoms with Crippen LogP contribution in [0.15, 0.2) is 0 Å². The second-order valence-electron chi connectivity index (χ2n) is 17.1. The van der Waals surface area contributed by atoms with Crippen LogP contribution in [0.3, 0.4) is 0 Å². The Labute approximate surface area is 309 Å². The van der Waals surface area contributed by atoms with Gasteiger partial charge in [-0.3, -0.25) is 14.4 Å². The summed E-state index contributed by atoms with van der Waals surface area (Å²) >= 11 is 0. The van der Waals surface area contributed by atoms with E-state index < -0.39 is 23.3 Å². The molecule has 0 N–H and O–H groups in total. The first-order valence-electron chi connectivity index (χ1n) is 18.1. The van der Waals surface area contributed by atoms with Crippen LogP contribution in [0.5, 0.6) is 0 Å². The lowest BCUT2D eigenvalue weighted by atomic mass is 9.64. The molecule has 3 heterocycles. The van der Waals surface area contributed by atoms with Gasteiger partial charge in [-0.1, -0.05) is 43.6 Å². The number of hydrogen-bond acceptors (Lipinski definition) is 10. The van der Waals surface area contributed by atoms with E-state index in [1.165, 1.54) is 32.8 Å². The largest absolute Gasteiger partial charge is 0.469 e. The van der Waals surface area contributed by atoms with E-state index in [1.807, 2.05) is 55.4 Å². The third kappa shape index (κ3) is 7.74. The van der Waals surface area contributed by atoms with Crippen LogP contribution in [0.4, 0.5) is 0 Å². The molecule has 8 fully saturated rings. The lowest BCUT2D eigenvalue weighted by Gasteiger charge is -2.38. The van der Waals surface area contributed by atoms with Gasteiger partial charge in [0, 0.05) is 11.8 Å². The quantitative estimate of drug-likeness (QED) is 0.156. The van der Waals surface area contributed by atoms with Gasteiger partial charge in [0.1, 0.15) is 12.2 Å². The Morgan fingerprint density at radius 3 is 1.86 bits per heavy atom. The standard InChI is InChI=1S/C16H24O6.C14H18O2.C7H14O2.4CH4/c1-6-15(2,3)14(18)20-11-8-7-9-12(10(8)19-13(11)17)22-16(4,5)21-9;15-14-13-9-4-8(10(13)5-16-14)11-6-1-2-7(3-6)12(9)11;1-5-7(2,3)6(8)9-4;;;;/h8-12H,6-7H2,1-5H3;6-13H,1-5H2;5H2,1-4H3;4*1H4. The van der Waals surface area contributed by atoms with Gasteiger partial charge in [0.15, 0.2) is 5.79 Å². The molecule has 5 aliphatic carbocycles. The molecule has 10 nitrogen and oxygen atoms in total. The number of ether oxygens (including phenoxy) is 6. The minimum Gasteiger partial charge on any atom is -0.469 e. The zero-order valence-corrected chi connectivity index (χ0v) is 29.7. The molecular formula is C41H72O10. The van der Waals surface area contributed by atoms with E-state index in [4.69, 9.17) is 23.7 Å². The highest BCUT2D eigenvalue weighted by Gasteiger charge is 2.69. The zero-order chi connectivity index (χ0) is 34.2. The number of carbonyl (C=O) groups is 4. The van der Waals surface area contributed by atoms with Crippen molar-refractivity contribution in [3.63, 3.8) is 0 Å². The number of fused-ring (bicyclic) bond motifs is 15. The number of carbonyl (C=O) groups excluding carboxylic acids is 4. The molecule has 8 rings (SSSR count). The fourth-order valence-electron chi connectivity index (χ4n) is 10.3. The van der Waals surface area contributed by atoms with Crippen molar-refractivity contribution in [2.75, 3.05) is 13.7 Å². The normalized spacial score (nSPS) is 39.3. The predicted molar refractivity (Wildman–Crippen MR) is 196 cm³/mol. The second kappa shape index (κ2) is 16.0. The average Bonchev–Trinajstić information content (AvgIpc) is 3.88. The maximum Gasteiger partial charge on any atom is 0.348 e. The van der Waals surface area contributed by atoms with Crippen LogP contribution in [-0.4, -0.2) is 67.8 Å². The summed E-state index contributed by atoms with van der Waals surface area (Å²) in [5.74, 6) is 4.82. The Morgan fingerprint density at radius 2 is 1.31 bits per heavy atom. The van der Waals surface area contributed by atoms with Crippen LogP contribution >= 0.6 is 0 Å². The summed E-state index contributed by atoms with van der Waals surface area (Å²) < 4.78 is 32.5. The molecule has 4 bridgehead atoms. The highest BCUT2D eigenvalue weighted by atomic mass is 16.8. The van der Waals surface area contributed by atoms with Crippen molar-refractivity contribution >= 4 is 23.9 Å². The van der Waals surface area contributed by atoms with Crippen LogP contribution in [0.25, 0.3) is 0 Å². The van der Waals surface area contributed by atoms with Gasteiger partial charge in [-0.05, 0) is 122 Å². The van der Waals surface area contributed by atoms with E-state index in [2.05, 4.69) is 4.74 Å². The summed E-state index contributed by atoms with van der Waals surface area (Å²) in [7, 11) is 1.42. The Bertz CT molecular complexity index is 1260. The van der Waals surface area contributed by atoms with Gasteiger partial charge >= 0.3 is 23.9 Å². The molecule has 0 amide bonds. The lowest BCUT2D eigenvalue weighted by molar-refractivity contribution is -0.170. The Morgan fingerprint density at radius 1 is 0.745 bits per heavy atom. The molecule has 0 spiro atoms. The summed E-state index contributed by atoms with van der Waals surface area (Å²) in [6.45, 7) is 15.7. The minimum absolute atomic E-state index is 0. The van der Waals surface area contributed by atoms with E-state index in [1.54, 1.807) is 0 Å². The topological polar surface area (TPSA) is 124 Å². The molecular weight excluding hydrogens is 652 g/mol. The van der Waals surface area contributed by atoms with Crippen LogP contribution in [0.1, 0.15) is 130 Å². The van der Waals surface area contributed by atoms with Gasteiger partial charge < -0.3 is 28.4 Å². The fourth-order valence-corrected chi connectivity index (χ4v) is 10.3. The van der Waals surface area contributed by atoms with Crippen molar-refractivity contribution in [3.8, 4) is 0 Å². The van der Waals surface area contributed by atoms with Crippen LogP contribution in [-0.2, 0) is 47.6 Å². The molecule has 13 atom stereocenters. The van der Waals surface area contributed by atoms with Gasteiger partial charge in [-0.25, -0.2) is 4.79 Å².